The lowest BCUT2D eigenvalue weighted by molar-refractivity contribution is 0.00578. The molecule has 18 heteroatoms. The van der Waals surface area contributed by atoms with Crippen molar-refractivity contribution in [3.63, 3.8) is 0 Å². The predicted octanol–water partition coefficient (Wildman–Crippen LogP) is 7.52. The van der Waals surface area contributed by atoms with Gasteiger partial charge < -0.3 is 36.8 Å². The molecule has 0 N–H and O–H groups in total. The van der Waals surface area contributed by atoms with Gasteiger partial charge in [0.15, 0.2) is 34.4 Å². The third-order valence-electron chi connectivity index (χ3n) is 10.1. The van der Waals surface area contributed by atoms with Gasteiger partial charge in [0.1, 0.15) is 11.0 Å². The molecular formula is C32H40B3BrF4N2O8. The van der Waals surface area contributed by atoms with Gasteiger partial charge in [-0.15, -0.1) is 0 Å². The Morgan fingerprint density at radius 1 is 0.480 bits per heavy atom. The maximum Gasteiger partial charge on any atom is 0.554 e. The smallest absolute Gasteiger partial charge is 0.443 e. The van der Waals surface area contributed by atoms with Gasteiger partial charge in [-0.1, -0.05) is 0 Å². The number of nitrogens with zero attached hydrogens (tertiary/aromatic N) is 2. The highest BCUT2D eigenvalue weighted by Crippen LogP contribution is 2.43. The van der Waals surface area contributed by atoms with Crippen LogP contribution in [-0.4, -0.2) is 64.7 Å². The second-order valence-electron chi connectivity index (χ2n) is 15.3. The minimum Gasteiger partial charge on any atom is -0.443 e. The first-order valence-corrected chi connectivity index (χ1v) is 16.8. The summed E-state index contributed by atoms with van der Waals surface area (Å²) in [4.78, 5) is 8.07. The molecule has 0 radical (unpaired) electrons. The maximum atomic E-state index is 13.2. The molecule has 3 fully saturated rings. The van der Waals surface area contributed by atoms with Crippen LogP contribution in [0.3, 0.4) is 0 Å². The standard InChI is InChI=1S/C13H14BF2NO3.C12H24B2O4.C7H2BrF2NO/c1-12(2)13(3,4)20-14(19-12)11-17-9-5-7(15)8(16)6-10(9)18-11;1-9(2)10(3,4)16-13(15-9)14-17-11(5,6)12(7,8)18-14;8-7-11-5-1-3(9)4(10)2-6(5)12-7/h5-6H,1-4H3;1-8H3;1-2H. The molecule has 5 heterocycles. The van der Waals surface area contributed by atoms with E-state index in [-0.39, 0.29) is 49.7 Å². The van der Waals surface area contributed by atoms with Gasteiger partial charge in [-0.25, -0.2) is 27.5 Å². The fourth-order valence-corrected chi connectivity index (χ4v) is 5.25. The van der Waals surface area contributed by atoms with Crippen molar-refractivity contribution in [2.24, 2.45) is 0 Å². The van der Waals surface area contributed by atoms with Gasteiger partial charge in [0.25, 0.3) is 4.80 Å². The Hall–Kier alpha value is -2.47. The summed E-state index contributed by atoms with van der Waals surface area (Å²) in [5.41, 5.74) is -1.60. The zero-order valence-electron chi connectivity index (χ0n) is 30.1. The summed E-state index contributed by atoms with van der Waals surface area (Å²) >= 11 is 2.95. The van der Waals surface area contributed by atoms with E-state index in [0.717, 1.165) is 24.3 Å². The summed E-state index contributed by atoms with van der Waals surface area (Å²) in [6.07, 6.45) is 0. The van der Waals surface area contributed by atoms with Crippen LogP contribution in [0.2, 0.25) is 0 Å². The van der Waals surface area contributed by atoms with Gasteiger partial charge in [0.05, 0.1) is 33.6 Å². The Balaban J connectivity index is 0.000000150. The average molecular weight is 769 g/mol. The minimum atomic E-state index is -0.978. The van der Waals surface area contributed by atoms with Crippen LogP contribution in [0.25, 0.3) is 22.2 Å². The first kappa shape index (κ1) is 38.8. The van der Waals surface area contributed by atoms with E-state index in [2.05, 4.69) is 25.9 Å². The normalized spacial score (nSPS) is 22.5. The van der Waals surface area contributed by atoms with Crippen LogP contribution in [-0.2, 0) is 27.9 Å². The lowest BCUT2D eigenvalue weighted by Crippen LogP contribution is -2.41. The highest BCUT2D eigenvalue weighted by atomic mass is 79.9. The Kier molecular flexibility index (Phi) is 9.99. The molecule has 0 atom stereocenters. The molecule has 4 aromatic rings. The zero-order chi connectivity index (χ0) is 37.4. The van der Waals surface area contributed by atoms with E-state index in [1.807, 2.05) is 83.1 Å². The minimum absolute atomic E-state index is 0.156. The SMILES string of the molecule is CC1(C)OB(B2OC(C)(C)C(C)(C)O2)OC1(C)C.CC1(C)OB(c2nc3cc(F)c(F)cc3o2)OC1(C)C.Fc1cc2nc(Br)oc2cc1F. The number of oxazole rings is 2. The molecule has 3 saturated heterocycles. The third kappa shape index (κ3) is 7.39. The Morgan fingerprint density at radius 3 is 1.20 bits per heavy atom. The van der Waals surface area contributed by atoms with Crippen LogP contribution in [0.15, 0.2) is 37.9 Å². The molecule has 50 heavy (non-hydrogen) atoms. The van der Waals surface area contributed by atoms with Crippen molar-refractivity contribution in [3.8, 4) is 0 Å². The van der Waals surface area contributed by atoms with Crippen molar-refractivity contribution < 1.29 is 54.3 Å². The summed E-state index contributed by atoms with van der Waals surface area (Å²) in [7, 11) is -1.74. The van der Waals surface area contributed by atoms with Gasteiger partial charge in [-0.05, 0) is 83.1 Å². The van der Waals surface area contributed by atoms with Crippen LogP contribution < -0.4 is 5.79 Å². The molecule has 10 nitrogen and oxygen atoms in total. The van der Waals surface area contributed by atoms with E-state index in [9.17, 15) is 17.6 Å². The van der Waals surface area contributed by atoms with E-state index < -0.39 is 55.6 Å². The summed E-state index contributed by atoms with van der Waals surface area (Å²) in [6, 6.07) is 3.90. The summed E-state index contributed by atoms with van der Waals surface area (Å²) in [5.74, 6) is -3.65. The van der Waals surface area contributed by atoms with Crippen LogP contribution in [0, 0.1) is 23.3 Å². The molecule has 0 aliphatic carbocycles. The van der Waals surface area contributed by atoms with Crippen molar-refractivity contribution in [1.29, 1.82) is 0 Å². The fourth-order valence-electron chi connectivity index (χ4n) is 4.88. The van der Waals surface area contributed by atoms with Crippen molar-refractivity contribution in [3.05, 3.63) is 52.3 Å². The number of fused-ring (bicyclic) bond motifs is 2. The van der Waals surface area contributed by atoms with Crippen LogP contribution in [0.4, 0.5) is 17.6 Å². The number of hydrogen-bond donors (Lipinski definition) is 0. The average Bonchev–Trinajstić information content (AvgIpc) is 3.69. The highest BCUT2D eigenvalue weighted by Gasteiger charge is 2.63. The van der Waals surface area contributed by atoms with Crippen molar-refractivity contribution in [2.45, 2.75) is 117 Å². The zero-order valence-corrected chi connectivity index (χ0v) is 31.7. The fraction of sp³-hybridized carbons (Fsp3) is 0.562. The number of benzene rings is 2. The first-order valence-electron chi connectivity index (χ1n) is 16.0. The van der Waals surface area contributed by atoms with Crippen LogP contribution >= 0.6 is 15.9 Å². The Bertz CT molecular complexity index is 1740. The lowest BCUT2D eigenvalue weighted by Gasteiger charge is -2.32. The van der Waals surface area contributed by atoms with Crippen LogP contribution in [0.1, 0.15) is 83.1 Å². The second-order valence-corrected chi connectivity index (χ2v) is 16.0. The van der Waals surface area contributed by atoms with Crippen molar-refractivity contribution in [1.82, 2.24) is 9.97 Å². The molecule has 0 unspecified atom stereocenters. The van der Waals surface area contributed by atoms with Gasteiger partial charge in [0, 0.05) is 40.2 Å². The molecule has 0 spiro atoms. The molecule has 2 aromatic carbocycles. The molecule has 0 bridgehead atoms. The monoisotopic (exact) mass is 768 g/mol. The molecule has 3 aliphatic heterocycles. The van der Waals surface area contributed by atoms with Gasteiger partial charge in [0.2, 0.25) is 5.79 Å². The van der Waals surface area contributed by atoms with E-state index >= 15 is 0 Å². The largest absolute Gasteiger partial charge is 0.554 e. The number of hydrogen-bond acceptors (Lipinski definition) is 10. The van der Waals surface area contributed by atoms with E-state index in [1.165, 1.54) is 0 Å². The molecule has 3 aliphatic rings. The number of aromatic nitrogens is 2. The van der Waals surface area contributed by atoms with E-state index in [1.54, 1.807) is 0 Å². The van der Waals surface area contributed by atoms with Gasteiger partial charge in [-0.3, -0.25) is 0 Å². The Morgan fingerprint density at radius 2 is 0.800 bits per heavy atom. The van der Waals surface area contributed by atoms with Gasteiger partial charge >= 0.3 is 21.1 Å². The molecule has 0 amide bonds. The van der Waals surface area contributed by atoms with Crippen molar-refractivity contribution in [2.75, 3.05) is 0 Å². The lowest BCUT2D eigenvalue weighted by atomic mass is 9.49. The summed E-state index contributed by atoms with van der Waals surface area (Å²) in [6.45, 7) is 23.8. The molecule has 7 rings (SSSR count). The van der Waals surface area contributed by atoms with Crippen LogP contribution in [0.5, 0.6) is 0 Å². The second kappa shape index (κ2) is 12.9. The topological polar surface area (TPSA) is 107 Å². The van der Waals surface area contributed by atoms with Crippen molar-refractivity contribution >= 4 is 65.1 Å². The highest BCUT2D eigenvalue weighted by molar-refractivity contribution is 9.10. The molecule has 2 aromatic heterocycles. The molecule has 0 saturated carbocycles. The number of rotatable bonds is 2. The van der Waals surface area contributed by atoms with E-state index in [0.29, 0.717) is 5.52 Å². The molecular weight excluding hydrogens is 729 g/mol. The predicted molar refractivity (Wildman–Crippen MR) is 183 cm³/mol. The Labute approximate surface area is 297 Å². The quantitative estimate of drug-likeness (QED) is 0.150. The summed E-state index contributed by atoms with van der Waals surface area (Å²) < 4.78 is 97.2. The third-order valence-corrected chi connectivity index (χ3v) is 10.4. The first-order chi connectivity index (χ1) is 22.7. The van der Waals surface area contributed by atoms with E-state index in [4.69, 9.17) is 36.8 Å². The maximum absolute atomic E-state index is 13.2. The van der Waals surface area contributed by atoms with Gasteiger partial charge in [-0.2, -0.15) is 0 Å². The summed E-state index contributed by atoms with van der Waals surface area (Å²) in [5, 5.41) is 0. The number of halogens is 5. The molecule has 270 valence electrons.